The molecule has 4 aliphatic rings. The molecule has 8 bridgehead atoms. The summed E-state index contributed by atoms with van der Waals surface area (Å²) < 4.78 is 0. The van der Waals surface area contributed by atoms with Crippen molar-refractivity contribution in [3.63, 3.8) is 0 Å². The van der Waals surface area contributed by atoms with Crippen molar-refractivity contribution < 1.29 is 26.5 Å². The third kappa shape index (κ3) is 3.19. The largest absolute Gasteiger partial charge is 0.372 e. The molecular weight excluding hydrogens is 360 g/mol. The number of carbonyl (C=O) groups excluding carboxylic acids is 1. The zero-order valence-corrected chi connectivity index (χ0v) is 15.3. The molecule has 2 N–H and O–H groups in total. The minimum Gasteiger partial charge on any atom is -0.372 e. The maximum absolute atomic E-state index is 12.2. The number of allylic oxidation sites excluding steroid dienone is 5. The van der Waals surface area contributed by atoms with Crippen LogP contribution in [0.5, 0.6) is 0 Å². The molecule has 26 heavy (non-hydrogen) atoms. The van der Waals surface area contributed by atoms with E-state index in [1.807, 2.05) is 60.7 Å². The van der Waals surface area contributed by atoms with Crippen molar-refractivity contribution in [2.75, 3.05) is 0 Å². The van der Waals surface area contributed by atoms with E-state index in [2.05, 4.69) is 20.3 Å². The average molecular weight is 374 g/mol. The van der Waals surface area contributed by atoms with Crippen molar-refractivity contribution in [2.24, 2.45) is 9.98 Å². The van der Waals surface area contributed by atoms with Gasteiger partial charge in [-0.05, 0) is 60.7 Å². The van der Waals surface area contributed by atoms with Crippen LogP contribution in [0.2, 0.25) is 0 Å². The fourth-order valence-electron chi connectivity index (χ4n) is 3.11. The molecule has 6 heteroatoms. The first-order valence-corrected chi connectivity index (χ1v) is 8.09. The maximum Gasteiger partial charge on any atom is 0.183 e. The number of aromatic amines is 1. The molecule has 0 saturated carbocycles. The van der Waals surface area contributed by atoms with Gasteiger partial charge in [-0.25, -0.2) is 9.98 Å². The van der Waals surface area contributed by atoms with E-state index in [1.165, 1.54) is 0 Å². The second kappa shape index (κ2) is 6.52. The van der Waals surface area contributed by atoms with Crippen molar-refractivity contribution in [1.82, 2.24) is 10.3 Å². The average Bonchev–Trinajstić information content (AvgIpc) is 3.33. The number of carbonyl (C=O) groups is 1. The van der Waals surface area contributed by atoms with Crippen LogP contribution in [-0.2, 0) is 26.5 Å². The van der Waals surface area contributed by atoms with Crippen LogP contribution in [0.1, 0.15) is 0 Å². The van der Waals surface area contributed by atoms with Gasteiger partial charge in [0.25, 0.3) is 0 Å². The molecule has 0 aliphatic carbocycles. The maximum atomic E-state index is 12.2. The van der Waals surface area contributed by atoms with Gasteiger partial charge in [-0.1, -0.05) is 0 Å². The van der Waals surface area contributed by atoms with Crippen LogP contribution in [0.25, 0.3) is 12.2 Å². The number of H-pyrrole nitrogens is 1. The van der Waals surface area contributed by atoms with E-state index in [0.29, 0.717) is 0 Å². The van der Waals surface area contributed by atoms with Gasteiger partial charge in [-0.3, -0.25) is 4.79 Å². The second-order valence-electron chi connectivity index (χ2n) is 6.18. The Bertz CT molecular complexity index is 1140. The Labute approximate surface area is 164 Å². The van der Waals surface area contributed by atoms with Gasteiger partial charge in [0.1, 0.15) is 6.04 Å². The van der Waals surface area contributed by atoms with Crippen molar-refractivity contribution in [3.8, 4) is 0 Å². The third-order valence-corrected chi connectivity index (χ3v) is 4.27. The van der Waals surface area contributed by atoms with Crippen LogP contribution in [-0.4, -0.2) is 28.2 Å². The van der Waals surface area contributed by atoms with Crippen LogP contribution < -0.4 is 16.0 Å². The molecule has 0 radical (unpaired) electrons. The molecule has 1 aromatic heterocycles. The molecule has 1 aromatic rings. The summed E-state index contributed by atoms with van der Waals surface area (Å²) >= 11 is 0. The summed E-state index contributed by atoms with van der Waals surface area (Å²) in [5.74, 6) is 0.0241. The molecule has 5 rings (SSSR count). The predicted molar refractivity (Wildman–Crippen MR) is 98.3 cm³/mol. The number of hydrogen-bond donors (Lipinski definition) is 2. The van der Waals surface area contributed by atoms with E-state index >= 15 is 0 Å². The van der Waals surface area contributed by atoms with Gasteiger partial charge in [0.05, 0.1) is 22.8 Å². The van der Waals surface area contributed by atoms with E-state index in [4.69, 9.17) is 0 Å². The number of nitrogens with zero attached hydrogens (tertiary/aromatic N) is 2. The zero-order valence-electron chi connectivity index (χ0n) is 13.7. The molecule has 5 heterocycles. The van der Waals surface area contributed by atoms with E-state index in [9.17, 15) is 4.79 Å². The topological polar surface area (TPSA) is 69.6 Å². The van der Waals surface area contributed by atoms with E-state index in [0.717, 1.165) is 39.2 Å². The van der Waals surface area contributed by atoms with Crippen LogP contribution >= 0.6 is 0 Å². The van der Waals surface area contributed by atoms with Crippen molar-refractivity contribution in [2.45, 2.75) is 6.04 Å². The summed E-state index contributed by atoms with van der Waals surface area (Å²) in [5, 5.41) is 5.17. The number of fused-ring (bicyclic) bond motifs is 6. The minimum atomic E-state index is -0.389. The van der Waals surface area contributed by atoms with E-state index < -0.39 is 0 Å². The number of ketones is 1. The van der Waals surface area contributed by atoms with Crippen molar-refractivity contribution >= 4 is 29.4 Å². The van der Waals surface area contributed by atoms with Gasteiger partial charge < -0.3 is 10.3 Å². The summed E-state index contributed by atoms with van der Waals surface area (Å²) in [5.41, 5.74) is 4.09. The van der Waals surface area contributed by atoms with Gasteiger partial charge in [0.2, 0.25) is 0 Å². The normalized spacial score (nSPS) is 22.2. The van der Waals surface area contributed by atoms with E-state index in [1.54, 1.807) is 6.08 Å². The third-order valence-electron chi connectivity index (χ3n) is 4.27. The van der Waals surface area contributed by atoms with Gasteiger partial charge in [-0.2, -0.15) is 0 Å². The fourth-order valence-corrected chi connectivity index (χ4v) is 3.11. The Balaban J connectivity index is 0.00000168. The van der Waals surface area contributed by atoms with Gasteiger partial charge in [0.15, 0.2) is 5.78 Å². The predicted octanol–water partition coefficient (Wildman–Crippen LogP) is 0.801. The van der Waals surface area contributed by atoms with Crippen LogP contribution in [0.3, 0.4) is 0 Å². The Morgan fingerprint density at radius 3 is 2.19 bits per heavy atom. The summed E-state index contributed by atoms with van der Waals surface area (Å²) in [6.45, 7) is 0. The molecule has 0 saturated heterocycles. The first kappa shape index (κ1) is 16.7. The van der Waals surface area contributed by atoms with Gasteiger partial charge in [-0.15, -0.1) is 0 Å². The molecule has 0 fully saturated rings. The SMILES string of the molecule is O=C1C=C2C=C3C=CC(=N3)C=c3ccc([nH]3)=CC3=NC(=CC1N2)C=C3.[Ti]. The first-order valence-electron chi connectivity index (χ1n) is 8.09. The standard InChI is InChI=1S/C20H14N4O.Ti/c25-20-11-18-9-16-4-3-14(22-16)7-12-1-2-13(21-12)8-15-5-6-17(23-15)10-19(20)24-18;/h1-11,19,21,24H;. The number of nitrogens with one attached hydrogen (secondary N) is 2. The molecule has 124 valence electrons. The minimum absolute atomic E-state index is 0. The Kier molecular flexibility index (Phi) is 4.19. The fraction of sp³-hybridized carbons (Fsp3) is 0.0500. The Morgan fingerprint density at radius 2 is 1.46 bits per heavy atom. The summed E-state index contributed by atoms with van der Waals surface area (Å²) in [4.78, 5) is 24.7. The van der Waals surface area contributed by atoms with E-state index in [-0.39, 0.29) is 33.5 Å². The number of aliphatic imine (C=N–C) groups is 2. The molecule has 1 unspecified atom stereocenters. The molecule has 0 spiro atoms. The number of aromatic nitrogens is 1. The Hall–Kier alpha value is -2.76. The molecular formula is C20H14N4OTi. The quantitative estimate of drug-likeness (QED) is 0.660. The molecule has 0 aromatic carbocycles. The molecule has 4 aliphatic heterocycles. The summed E-state index contributed by atoms with van der Waals surface area (Å²) in [6, 6.07) is 3.64. The smallest absolute Gasteiger partial charge is 0.183 e. The van der Waals surface area contributed by atoms with Gasteiger partial charge >= 0.3 is 0 Å². The molecule has 0 amide bonds. The van der Waals surface area contributed by atoms with Crippen molar-refractivity contribution in [3.05, 3.63) is 82.5 Å². The molecule has 5 nitrogen and oxygen atoms in total. The summed E-state index contributed by atoms with van der Waals surface area (Å²) in [7, 11) is 0. The monoisotopic (exact) mass is 374 g/mol. The summed E-state index contributed by atoms with van der Waals surface area (Å²) in [6.07, 6.45) is 17.1. The van der Waals surface area contributed by atoms with Crippen LogP contribution in [0.4, 0.5) is 0 Å². The van der Waals surface area contributed by atoms with Crippen molar-refractivity contribution in [1.29, 1.82) is 0 Å². The van der Waals surface area contributed by atoms with Crippen LogP contribution in [0.15, 0.2) is 81.7 Å². The Morgan fingerprint density at radius 1 is 0.808 bits per heavy atom. The van der Waals surface area contributed by atoms with Crippen LogP contribution in [0, 0.1) is 0 Å². The molecule has 1 atom stereocenters. The first-order chi connectivity index (χ1) is 12.2. The second-order valence-corrected chi connectivity index (χ2v) is 6.18. The number of hydrogen-bond acceptors (Lipinski definition) is 4. The number of rotatable bonds is 0. The zero-order chi connectivity index (χ0) is 16.8. The van der Waals surface area contributed by atoms with Gasteiger partial charge in [0, 0.05) is 44.2 Å².